The fourth-order valence-electron chi connectivity index (χ4n) is 1.43. The average molecular weight is 235 g/mol. The van der Waals surface area contributed by atoms with Gasteiger partial charge < -0.3 is 14.8 Å². The maximum absolute atomic E-state index is 5.25. The predicted molar refractivity (Wildman–Crippen MR) is 61.1 cm³/mol. The molecule has 1 aromatic heterocycles. The van der Waals surface area contributed by atoms with Gasteiger partial charge in [-0.05, 0) is 23.4 Å². The number of rotatable bonds is 5. The molecule has 90 valence electrons. The number of methoxy groups -OCH3 is 2. The Labute approximate surface area is 98.1 Å². The molecule has 7 heteroatoms. The molecule has 0 bridgehead atoms. The summed E-state index contributed by atoms with van der Waals surface area (Å²) in [5.74, 6) is 1.99. The minimum Gasteiger partial charge on any atom is -0.497 e. The van der Waals surface area contributed by atoms with E-state index in [1.807, 2.05) is 18.2 Å². The van der Waals surface area contributed by atoms with Crippen molar-refractivity contribution in [2.45, 2.75) is 6.54 Å². The highest BCUT2D eigenvalue weighted by Gasteiger charge is 2.06. The van der Waals surface area contributed by atoms with E-state index in [0.717, 1.165) is 17.1 Å². The number of benzene rings is 1. The van der Waals surface area contributed by atoms with Crippen LogP contribution >= 0.6 is 0 Å². The SMILES string of the molecule is COc1ccc(OC)c(CNc2nn[nH]n2)c1. The Morgan fingerprint density at radius 1 is 1.29 bits per heavy atom. The molecule has 1 heterocycles. The molecular formula is C10H13N5O2. The van der Waals surface area contributed by atoms with Crippen LogP contribution in [-0.4, -0.2) is 34.8 Å². The molecule has 0 saturated heterocycles. The van der Waals surface area contributed by atoms with Crippen LogP contribution in [0.2, 0.25) is 0 Å². The van der Waals surface area contributed by atoms with Crippen LogP contribution in [0.5, 0.6) is 11.5 Å². The third-order valence-electron chi connectivity index (χ3n) is 2.27. The molecule has 0 amide bonds. The van der Waals surface area contributed by atoms with Gasteiger partial charge in [-0.3, -0.25) is 0 Å². The standard InChI is InChI=1S/C10H13N5O2/c1-16-8-3-4-9(17-2)7(5-8)6-11-10-12-14-15-13-10/h3-5H,6H2,1-2H3,(H2,11,12,13,14,15). The molecule has 0 saturated carbocycles. The number of tetrazole rings is 1. The zero-order valence-corrected chi connectivity index (χ0v) is 9.60. The number of nitrogens with zero attached hydrogens (tertiary/aromatic N) is 3. The molecule has 17 heavy (non-hydrogen) atoms. The Morgan fingerprint density at radius 3 is 2.82 bits per heavy atom. The van der Waals surface area contributed by atoms with Crippen molar-refractivity contribution in [2.24, 2.45) is 0 Å². The van der Waals surface area contributed by atoms with E-state index in [4.69, 9.17) is 9.47 Å². The number of aromatic amines is 1. The lowest BCUT2D eigenvalue weighted by Crippen LogP contribution is -2.03. The van der Waals surface area contributed by atoms with Gasteiger partial charge in [-0.15, -0.1) is 5.10 Å². The maximum Gasteiger partial charge on any atom is 0.263 e. The number of anilines is 1. The first-order valence-electron chi connectivity index (χ1n) is 5.01. The molecular weight excluding hydrogens is 222 g/mol. The van der Waals surface area contributed by atoms with Crippen LogP contribution in [0.3, 0.4) is 0 Å². The normalized spacial score (nSPS) is 10.0. The van der Waals surface area contributed by atoms with Crippen LogP contribution in [0.4, 0.5) is 5.95 Å². The van der Waals surface area contributed by atoms with Crippen molar-refractivity contribution < 1.29 is 9.47 Å². The Morgan fingerprint density at radius 2 is 2.18 bits per heavy atom. The van der Waals surface area contributed by atoms with E-state index in [1.54, 1.807) is 14.2 Å². The van der Waals surface area contributed by atoms with Crippen molar-refractivity contribution in [3.63, 3.8) is 0 Å². The van der Waals surface area contributed by atoms with Crippen molar-refractivity contribution in [1.82, 2.24) is 20.6 Å². The lowest BCUT2D eigenvalue weighted by molar-refractivity contribution is 0.399. The molecule has 0 fully saturated rings. The summed E-state index contributed by atoms with van der Waals surface area (Å²) >= 11 is 0. The number of H-pyrrole nitrogens is 1. The summed E-state index contributed by atoms with van der Waals surface area (Å²) in [6.07, 6.45) is 0. The van der Waals surface area contributed by atoms with Gasteiger partial charge in [-0.2, -0.15) is 5.21 Å². The number of ether oxygens (including phenoxy) is 2. The van der Waals surface area contributed by atoms with Crippen molar-refractivity contribution in [3.05, 3.63) is 23.8 Å². The summed E-state index contributed by atoms with van der Waals surface area (Å²) in [6, 6.07) is 5.59. The van der Waals surface area contributed by atoms with Gasteiger partial charge in [-0.25, -0.2) is 0 Å². The molecule has 0 unspecified atom stereocenters. The maximum atomic E-state index is 5.25. The third-order valence-corrected chi connectivity index (χ3v) is 2.27. The molecule has 7 nitrogen and oxygen atoms in total. The molecule has 2 aromatic rings. The van der Waals surface area contributed by atoms with Crippen molar-refractivity contribution in [1.29, 1.82) is 0 Å². The molecule has 1 aromatic carbocycles. The number of hydrogen-bond donors (Lipinski definition) is 2. The first kappa shape index (κ1) is 11.2. The lowest BCUT2D eigenvalue weighted by atomic mass is 10.2. The van der Waals surface area contributed by atoms with E-state index in [-0.39, 0.29) is 0 Å². The highest BCUT2D eigenvalue weighted by Crippen LogP contribution is 2.24. The molecule has 0 spiro atoms. The number of nitrogens with one attached hydrogen (secondary N) is 2. The van der Waals surface area contributed by atoms with E-state index in [9.17, 15) is 0 Å². The summed E-state index contributed by atoms with van der Waals surface area (Å²) in [6.45, 7) is 0.528. The van der Waals surface area contributed by atoms with E-state index in [2.05, 4.69) is 25.9 Å². The molecule has 0 aliphatic heterocycles. The van der Waals surface area contributed by atoms with Gasteiger partial charge in [0.25, 0.3) is 5.95 Å². The minimum atomic E-state index is 0.440. The van der Waals surface area contributed by atoms with E-state index in [1.165, 1.54) is 0 Å². The van der Waals surface area contributed by atoms with E-state index < -0.39 is 0 Å². The van der Waals surface area contributed by atoms with Gasteiger partial charge in [0.2, 0.25) is 0 Å². The van der Waals surface area contributed by atoms with E-state index in [0.29, 0.717) is 12.5 Å². The molecule has 0 aliphatic carbocycles. The van der Waals surface area contributed by atoms with Crippen LogP contribution in [0.25, 0.3) is 0 Å². The van der Waals surface area contributed by atoms with Crippen LogP contribution in [0.1, 0.15) is 5.56 Å². The zero-order chi connectivity index (χ0) is 12.1. The highest BCUT2D eigenvalue weighted by atomic mass is 16.5. The smallest absolute Gasteiger partial charge is 0.263 e. The second-order valence-corrected chi connectivity index (χ2v) is 3.27. The van der Waals surface area contributed by atoms with Crippen LogP contribution in [-0.2, 0) is 6.54 Å². The van der Waals surface area contributed by atoms with Crippen molar-refractivity contribution in [2.75, 3.05) is 19.5 Å². The Bertz CT molecular complexity index is 472. The van der Waals surface area contributed by atoms with Crippen LogP contribution in [0.15, 0.2) is 18.2 Å². The van der Waals surface area contributed by atoms with Crippen LogP contribution in [0, 0.1) is 0 Å². The zero-order valence-electron chi connectivity index (χ0n) is 9.60. The lowest BCUT2D eigenvalue weighted by Gasteiger charge is -2.10. The largest absolute Gasteiger partial charge is 0.497 e. The second-order valence-electron chi connectivity index (χ2n) is 3.27. The Kier molecular flexibility index (Phi) is 3.39. The average Bonchev–Trinajstić information content (AvgIpc) is 2.89. The van der Waals surface area contributed by atoms with Gasteiger partial charge >= 0.3 is 0 Å². The molecule has 2 N–H and O–H groups in total. The van der Waals surface area contributed by atoms with Gasteiger partial charge in [-0.1, -0.05) is 5.10 Å². The number of hydrogen-bond acceptors (Lipinski definition) is 6. The fourth-order valence-corrected chi connectivity index (χ4v) is 1.43. The second kappa shape index (κ2) is 5.15. The summed E-state index contributed by atoms with van der Waals surface area (Å²) in [7, 11) is 3.25. The predicted octanol–water partition coefficient (Wildman–Crippen LogP) is 0.829. The van der Waals surface area contributed by atoms with Crippen molar-refractivity contribution >= 4 is 5.95 Å². The fraction of sp³-hybridized carbons (Fsp3) is 0.300. The minimum absolute atomic E-state index is 0.440. The Hall–Kier alpha value is -2.31. The molecule has 2 rings (SSSR count). The first-order valence-corrected chi connectivity index (χ1v) is 5.01. The number of aromatic nitrogens is 4. The molecule has 0 radical (unpaired) electrons. The van der Waals surface area contributed by atoms with Gasteiger partial charge in [0.1, 0.15) is 11.5 Å². The topological polar surface area (TPSA) is 85.0 Å². The van der Waals surface area contributed by atoms with Gasteiger partial charge in [0, 0.05) is 12.1 Å². The third kappa shape index (κ3) is 2.63. The quantitative estimate of drug-likeness (QED) is 0.798. The van der Waals surface area contributed by atoms with E-state index >= 15 is 0 Å². The monoisotopic (exact) mass is 235 g/mol. The Balaban J connectivity index is 2.12. The highest BCUT2D eigenvalue weighted by molar-refractivity contribution is 5.42. The summed E-state index contributed by atoms with van der Waals surface area (Å²) in [5, 5.41) is 16.4. The van der Waals surface area contributed by atoms with Crippen LogP contribution < -0.4 is 14.8 Å². The van der Waals surface area contributed by atoms with Gasteiger partial charge in [0.15, 0.2) is 0 Å². The molecule has 0 aliphatic rings. The van der Waals surface area contributed by atoms with Crippen molar-refractivity contribution in [3.8, 4) is 11.5 Å². The summed E-state index contributed by atoms with van der Waals surface area (Å²) in [5.41, 5.74) is 0.955. The summed E-state index contributed by atoms with van der Waals surface area (Å²) in [4.78, 5) is 0. The van der Waals surface area contributed by atoms with Gasteiger partial charge in [0.05, 0.1) is 14.2 Å². The molecule has 0 atom stereocenters. The first-order chi connectivity index (χ1) is 8.33. The summed E-state index contributed by atoms with van der Waals surface area (Å²) < 4.78 is 10.4.